The second-order valence-corrected chi connectivity index (χ2v) is 5.06. The average molecular weight is 277 g/mol. The molecule has 0 saturated carbocycles. The van der Waals surface area contributed by atoms with E-state index in [1.807, 2.05) is 30.3 Å². The molecule has 0 unspecified atom stereocenters. The van der Waals surface area contributed by atoms with Gasteiger partial charge in [-0.2, -0.15) is 0 Å². The summed E-state index contributed by atoms with van der Waals surface area (Å²) in [5.41, 5.74) is 0.00233. The Morgan fingerprint density at radius 1 is 1.30 bits per heavy atom. The summed E-state index contributed by atoms with van der Waals surface area (Å²) in [6.07, 6.45) is 0.894. The van der Waals surface area contributed by atoms with Gasteiger partial charge in [0.1, 0.15) is 12.1 Å². The van der Waals surface area contributed by atoms with Crippen molar-refractivity contribution in [1.82, 2.24) is 4.90 Å². The van der Waals surface area contributed by atoms with Gasteiger partial charge in [0, 0.05) is 6.54 Å². The Morgan fingerprint density at radius 3 is 2.65 bits per heavy atom. The molecule has 108 valence electrons. The van der Waals surface area contributed by atoms with Crippen LogP contribution in [-0.4, -0.2) is 36.2 Å². The van der Waals surface area contributed by atoms with Crippen LogP contribution in [0.1, 0.15) is 25.3 Å². The lowest BCUT2D eigenvalue weighted by molar-refractivity contribution is -0.151. The van der Waals surface area contributed by atoms with E-state index in [4.69, 9.17) is 9.47 Å². The standard InChI is InChI=1S/C15H19NO4/c1-15(13(17)19-2)9-6-10-16(15)14(18)20-11-12-7-4-3-5-8-12/h3-5,7-8H,6,9-11H2,1-2H3/t15-/m0/s1. The van der Waals surface area contributed by atoms with Crippen molar-refractivity contribution in [2.24, 2.45) is 0 Å². The highest BCUT2D eigenvalue weighted by Gasteiger charge is 2.47. The maximum absolute atomic E-state index is 12.2. The molecular formula is C15H19NO4. The van der Waals surface area contributed by atoms with Crippen LogP contribution in [0.4, 0.5) is 4.79 Å². The molecule has 0 spiro atoms. The van der Waals surface area contributed by atoms with Crippen molar-refractivity contribution < 1.29 is 19.1 Å². The maximum Gasteiger partial charge on any atom is 0.411 e. The molecule has 5 heteroatoms. The quantitative estimate of drug-likeness (QED) is 0.796. The number of esters is 1. The van der Waals surface area contributed by atoms with Gasteiger partial charge < -0.3 is 9.47 Å². The van der Waals surface area contributed by atoms with Crippen molar-refractivity contribution in [1.29, 1.82) is 0 Å². The number of hydrogen-bond acceptors (Lipinski definition) is 4. The molecule has 1 amide bonds. The summed E-state index contributed by atoms with van der Waals surface area (Å²) in [4.78, 5) is 25.5. The summed E-state index contributed by atoms with van der Waals surface area (Å²) in [6.45, 7) is 2.43. The van der Waals surface area contributed by atoms with Gasteiger partial charge in [0.25, 0.3) is 0 Å². The second-order valence-electron chi connectivity index (χ2n) is 5.06. The first-order chi connectivity index (χ1) is 9.58. The van der Waals surface area contributed by atoms with Gasteiger partial charge in [0.2, 0.25) is 0 Å². The Labute approximate surface area is 118 Å². The van der Waals surface area contributed by atoms with Crippen LogP contribution in [0.2, 0.25) is 0 Å². The third-order valence-electron chi connectivity index (χ3n) is 3.69. The van der Waals surface area contributed by atoms with E-state index < -0.39 is 17.6 Å². The van der Waals surface area contributed by atoms with Gasteiger partial charge in [-0.05, 0) is 25.3 Å². The molecule has 0 aliphatic carbocycles. The minimum absolute atomic E-state index is 0.202. The topological polar surface area (TPSA) is 55.8 Å². The zero-order valence-electron chi connectivity index (χ0n) is 11.8. The number of amides is 1. The summed E-state index contributed by atoms with van der Waals surface area (Å²) in [5.74, 6) is -0.397. The number of likely N-dealkylation sites (tertiary alicyclic amines) is 1. The molecule has 1 saturated heterocycles. The number of ether oxygens (including phenoxy) is 2. The summed E-state index contributed by atoms with van der Waals surface area (Å²) in [5, 5.41) is 0. The van der Waals surface area contributed by atoms with Gasteiger partial charge in [-0.25, -0.2) is 9.59 Å². The Bertz CT molecular complexity index is 488. The maximum atomic E-state index is 12.2. The van der Waals surface area contributed by atoms with Crippen molar-refractivity contribution >= 4 is 12.1 Å². The monoisotopic (exact) mass is 277 g/mol. The van der Waals surface area contributed by atoms with Gasteiger partial charge in [-0.3, -0.25) is 4.90 Å². The van der Waals surface area contributed by atoms with E-state index in [0.29, 0.717) is 13.0 Å². The predicted molar refractivity (Wildman–Crippen MR) is 73.0 cm³/mol. The van der Waals surface area contributed by atoms with Crippen molar-refractivity contribution in [3.63, 3.8) is 0 Å². The summed E-state index contributed by atoms with van der Waals surface area (Å²) >= 11 is 0. The average Bonchev–Trinajstić information content (AvgIpc) is 2.88. The van der Waals surface area contributed by atoms with Gasteiger partial charge >= 0.3 is 12.1 Å². The summed E-state index contributed by atoms with van der Waals surface area (Å²) < 4.78 is 10.1. The fourth-order valence-corrected chi connectivity index (χ4v) is 2.49. The molecule has 0 bridgehead atoms. The molecule has 1 fully saturated rings. The van der Waals surface area contributed by atoms with Crippen molar-refractivity contribution in [3.8, 4) is 0 Å². The Hall–Kier alpha value is -2.04. The first-order valence-corrected chi connectivity index (χ1v) is 6.64. The van der Waals surface area contributed by atoms with Crippen LogP contribution < -0.4 is 0 Å². The van der Waals surface area contributed by atoms with Crippen LogP contribution in [0.15, 0.2) is 30.3 Å². The highest BCUT2D eigenvalue weighted by Crippen LogP contribution is 2.30. The molecule has 2 rings (SSSR count). The number of rotatable bonds is 3. The molecule has 1 aromatic carbocycles. The van der Waals surface area contributed by atoms with E-state index in [0.717, 1.165) is 12.0 Å². The molecule has 20 heavy (non-hydrogen) atoms. The highest BCUT2D eigenvalue weighted by molar-refractivity contribution is 5.86. The zero-order chi connectivity index (χ0) is 14.6. The summed E-state index contributed by atoms with van der Waals surface area (Å²) in [6, 6.07) is 9.45. The van der Waals surface area contributed by atoms with Crippen LogP contribution >= 0.6 is 0 Å². The Morgan fingerprint density at radius 2 is 2.00 bits per heavy atom. The van der Waals surface area contributed by atoms with E-state index >= 15 is 0 Å². The summed E-state index contributed by atoms with van der Waals surface area (Å²) in [7, 11) is 1.33. The smallest absolute Gasteiger partial charge is 0.411 e. The van der Waals surface area contributed by atoms with Crippen LogP contribution in [-0.2, 0) is 20.9 Å². The van der Waals surface area contributed by atoms with Crippen LogP contribution in [0.25, 0.3) is 0 Å². The lowest BCUT2D eigenvalue weighted by Crippen LogP contribution is -2.51. The number of nitrogens with zero attached hydrogens (tertiary/aromatic N) is 1. The van der Waals surface area contributed by atoms with Crippen molar-refractivity contribution in [2.45, 2.75) is 31.9 Å². The number of carbonyl (C=O) groups excluding carboxylic acids is 2. The minimum atomic E-state index is -0.914. The largest absolute Gasteiger partial charge is 0.467 e. The number of benzene rings is 1. The Balaban J connectivity index is 2.00. The van der Waals surface area contributed by atoms with Gasteiger partial charge in [0.15, 0.2) is 0 Å². The van der Waals surface area contributed by atoms with Gasteiger partial charge in [-0.1, -0.05) is 30.3 Å². The molecule has 0 N–H and O–H groups in total. The number of hydrogen-bond donors (Lipinski definition) is 0. The normalized spacial score (nSPS) is 21.6. The third kappa shape index (κ3) is 2.76. The number of methoxy groups -OCH3 is 1. The molecule has 1 aliphatic rings. The molecule has 0 aromatic heterocycles. The fraction of sp³-hybridized carbons (Fsp3) is 0.467. The van der Waals surface area contributed by atoms with E-state index in [9.17, 15) is 9.59 Å². The molecule has 1 atom stereocenters. The van der Waals surface area contributed by atoms with Crippen LogP contribution in [0.3, 0.4) is 0 Å². The minimum Gasteiger partial charge on any atom is -0.467 e. The van der Waals surface area contributed by atoms with E-state index in [1.54, 1.807) is 6.92 Å². The molecule has 1 heterocycles. The van der Waals surface area contributed by atoms with E-state index in [-0.39, 0.29) is 6.61 Å². The first kappa shape index (κ1) is 14.4. The first-order valence-electron chi connectivity index (χ1n) is 6.64. The van der Waals surface area contributed by atoms with Crippen LogP contribution in [0.5, 0.6) is 0 Å². The Kier molecular flexibility index (Phi) is 4.27. The number of carbonyl (C=O) groups is 2. The van der Waals surface area contributed by atoms with Crippen molar-refractivity contribution in [3.05, 3.63) is 35.9 Å². The highest BCUT2D eigenvalue weighted by atomic mass is 16.6. The third-order valence-corrected chi connectivity index (χ3v) is 3.69. The predicted octanol–water partition coefficient (Wildman–Crippen LogP) is 2.35. The van der Waals surface area contributed by atoms with E-state index in [1.165, 1.54) is 12.0 Å². The second kappa shape index (κ2) is 5.94. The lowest BCUT2D eigenvalue weighted by Gasteiger charge is -2.31. The van der Waals surface area contributed by atoms with Crippen LogP contribution in [0, 0.1) is 0 Å². The molecule has 5 nitrogen and oxygen atoms in total. The van der Waals surface area contributed by atoms with Gasteiger partial charge in [-0.15, -0.1) is 0 Å². The zero-order valence-corrected chi connectivity index (χ0v) is 11.8. The SMILES string of the molecule is COC(=O)[C@]1(C)CCCN1C(=O)OCc1ccccc1. The lowest BCUT2D eigenvalue weighted by atomic mass is 10.00. The fourth-order valence-electron chi connectivity index (χ4n) is 2.49. The van der Waals surface area contributed by atoms with Crippen molar-refractivity contribution in [2.75, 3.05) is 13.7 Å². The molecular weight excluding hydrogens is 258 g/mol. The molecule has 1 aliphatic heterocycles. The van der Waals surface area contributed by atoms with E-state index in [2.05, 4.69) is 0 Å². The van der Waals surface area contributed by atoms with Gasteiger partial charge in [0.05, 0.1) is 7.11 Å². The molecule has 1 aromatic rings. The molecule has 0 radical (unpaired) electrons.